The maximum absolute atomic E-state index is 6.43. The maximum Gasteiger partial charge on any atom is 0.397 e. The largest absolute Gasteiger partial charge is 0.426 e. The van der Waals surface area contributed by atoms with E-state index < -0.39 is 17.0 Å². The van der Waals surface area contributed by atoms with Gasteiger partial charge in [0.2, 0.25) is 8.38 Å². The van der Waals surface area contributed by atoms with Gasteiger partial charge in [-0.1, -0.05) is 107 Å². The molecule has 4 rings (SSSR count). The number of rotatable bonds is 3. The Balaban J connectivity index is 1.42. The molecule has 0 radical (unpaired) electrons. The maximum atomic E-state index is 6.43. The molecule has 1 spiro atoms. The van der Waals surface area contributed by atoms with Gasteiger partial charge < -0.3 is 22.6 Å². The summed E-state index contributed by atoms with van der Waals surface area (Å²) >= 11 is 0. The van der Waals surface area contributed by atoms with Gasteiger partial charge in [0.15, 0.2) is 0 Å². The van der Waals surface area contributed by atoms with E-state index in [-0.39, 0.29) is 27.1 Å². The van der Waals surface area contributed by atoms with Crippen LogP contribution in [0, 0.1) is 5.41 Å². The Labute approximate surface area is 245 Å². The first kappa shape index (κ1) is 31.9. The van der Waals surface area contributed by atoms with E-state index in [0.717, 1.165) is 11.3 Å². The molecule has 0 amide bonds. The van der Waals surface area contributed by atoms with Crippen molar-refractivity contribution in [3.63, 3.8) is 0 Å². The lowest BCUT2D eigenvalue weighted by Gasteiger charge is -2.43. The normalized spacial score (nSPS) is 24.8. The molecule has 222 valence electrons. The van der Waals surface area contributed by atoms with Crippen LogP contribution in [0.15, 0.2) is 36.4 Å². The van der Waals surface area contributed by atoms with Crippen molar-refractivity contribution in [3.8, 4) is 5.75 Å². The Hall–Kier alpha value is -1.06. The van der Waals surface area contributed by atoms with Gasteiger partial charge in [0.25, 0.3) is 0 Å². The van der Waals surface area contributed by atoms with Gasteiger partial charge in [-0.2, -0.15) is 0 Å². The molecule has 0 aromatic heterocycles. The Morgan fingerprint density at radius 1 is 0.575 bits per heavy atom. The summed E-state index contributed by atoms with van der Waals surface area (Å²) < 4.78 is 31.6. The fourth-order valence-electron chi connectivity index (χ4n) is 4.79. The molecule has 0 unspecified atom stereocenters. The van der Waals surface area contributed by atoms with Crippen LogP contribution in [0.5, 0.6) is 5.75 Å². The monoisotopic (exact) mass is 588 g/mol. The first-order valence-corrected chi connectivity index (χ1v) is 16.7. The van der Waals surface area contributed by atoms with E-state index in [1.54, 1.807) is 0 Å². The molecule has 0 aliphatic carbocycles. The zero-order valence-electron chi connectivity index (χ0n) is 26.7. The molecular formula is C33H50O5P2. The van der Waals surface area contributed by atoms with Crippen LogP contribution in [-0.4, -0.2) is 26.4 Å². The standard InChI is InChI=1S/C33H50O5P2/c1-29(2,3)23-13-15-27(25(17-23)31(7,8)9)38-40-36-21-33(22-37-40)19-34-39(35-20-33)28-16-14-24(30(4,5)6)18-26(28)32(10,11)12/h13-18H,19-22H2,1-12H3. The average Bonchev–Trinajstić information content (AvgIpc) is 2.83. The molecule has 0 N–H and O–H groups in total. The predicted octanol–water partition coefficient (Wildman–Crippen LogP) is 9.20. The summed E-state index contributed by atoms with van der Waals surface area (Å²) in [5.41, 5.74) is 4.83. The highest BCUT2D eigenvalue weighted by molar-refractivity contribution is 7.56. The molecule has 40 heavy (non-hydrogen) atoms. The second-order valence-electron chi connectivity index (χ2n) is 15.6. The van der Waals surface area contributed by atoms with E-state index in [1.807, 2.05) is 0 Å². The molecule has 2 aromatic rings. The fourth-order valence-corrected chi connectivity index (χ4v) is 7.98. The topological polar surface area (TPSA) is 46.2 Å². The van der Waals surface area contributed by atoms with Crippen LogP contribution in [0.4, 0.5) is 0 Å². The summed E-state index contributed by atoms with van der Waals surface area (Å²) in [5.74, 6) is 0.829. The Kier molecular flexibility index (Phi) is 8.94. The number of benzene rings is 2. The number of hydrogen-bond donors (Lipinski definition) is 0. The van der Waals surface area contributed by atoms with Gasteiger partial charge in [-0.3, -0.25) is 0 Å². The van der Waals surface area contributed by atoms with Gasteiger partial charge in [-0.25, -0.2) is 0 Å². The molecule has 0 saturated carbocycles. The first-order valence-electron chi connectivity index (χ1n) is 14.4. The first-order chi connectivity index (χ1) is 18.3. The van der Waals surface area contributed by atoms with Crippen LogP contribution in [0.3, 0.4) is 0 Å². The summed E-state index contributed by atoms with van der Waals surface area (Å²) in [5, 5.41) is 1.17. The molecule has 2 fully saturated rings. The Bertz CT molecular complexity index is 1180. The summed E-state index contributed by atoms with van der Waals surface area (Å²) in [6, 6.07) is 13.3. The van der Waals surface area contributed by atoms with Gasteiger partial charge in [0, 0.05) is 10.9 Å². The zero-order chi connectivity index (χ0) is 29.7. The molecule has 2 saturated heterocycles. The van der Waals surface area contributed by atoms with Crippen molar-refractivity contribution in [2.45, 2.75) is 105 Å². The highest BCUT2D eigenvalue weighted by Gasteiger charge is 2.45. The minimum Gasteiger partial charge on any atom is -0.426 e. The van der Waals surface area contributed by atoms with Gasteiger partial charge >= 0.3 is 8.60 Å². The van der Waals surface area contributed by atoms with E-state index in [1.165, 1.54) is 22.0 Å². The van der Waals surface area contributed by atoms with Crippen molar-refractivity contribution < 1.29 is 22.6 Å². The van der Waals surface area contributed by atoms with Crippen molar-refractivity contribution in [1.82, 2.24) is 0 Å². The minimum atomic E-state index is -1.50. The van der Waals surface area contributed by atoms with Crippen LogP contribution in [-0.2, 0) is 39.8 Å². The Morgan fingerprint density at radius 2 is 1.02 bits per heavy atom. The summed E-state index contributed by atoms with van der Waals surface area (Å²) in [4.78, 5) is 0. The lowest BCUT2D eigenvalue weighted by molar-refractivity contribution is -0.0591. The van der Waals surface area contributed by atoms with E-state index in [0.29, 0.717) is 26.4 Å². The van der Waals surface area contributed by atoms with Gasteiger partial charge in [0.05, 0.1) is 31.8 Å². The summed E-state index contributed by atoms with van der Waals surface area (Å²) in [6.45, 7) is 28.9. The third kappa shape index (κ3) is 7.28. The molecule has 5 nitrogen and oxygen atoms in total. The van der Waals surface area contributed by atoms with Crippen LogP contribution in [0.25, 0.3) is 0 Å². The van der Waals surface area contributed by atoms with Gasteiger partial charge in [-0.05, 0) is 50.5 Å². The van der Waals surface area contributed by atoms with Crippen molar-refractivity contribution in [2.75, 3.05) is 26.4 Å². The number of hydrogen-bond acceptors (Lipinski definition) is 5. The lowest BCUT2D eigenvalue weighted by Crippen LogP contribution is -2.45. The highest BCUT2D eigenvalue weighted by atomic mass is 31.2. The zero-order valence-corrected chi connectivity index (χ0v) is 28.5. The van der Waals surface area contributed by atoms with E-state index in [2.05, 4.69) is 119 Å². The molecule has 0 bridgehead atoms. The molecular weight excluding hydrogens is 538 g/mol. The minimum absolute atomic E-state index is 0.0119. The molecule has 2 aliphatic heterocycles. The van der Waals surface area contributed by atoms with Crippen molar-refractivity contribution in [2.24, 2.45) is 5.41 Å². The average molecular weight is 589 g/mol. The van der Waals surface area contributed by atoms with Crippen LogP contribution in [0.2, 0.25) is 0 Å². The third-order valence-electron chi connectivity index (χ3n) is 7.62. The van der Waals surface area contributed by atoms with Crippen molar-refractivity contribution >= 4 is 22.3 Å². The lowest BCUT2D eigenvalue weighted by atomic mass is 9.80. The second kappa shape index (κ2) is 11.2. The summed E-state index contributed by atoms with van der Waals surface area (Å²) in [6.07, 6.45) is 0. The van der Waals surface area contributed by atoms with Crippen molar-refractivity contribution in [3.05, 3.63) is 58.7 Å². The van der Waals surface area contributed by atoms with Crippen molar-refractivity contribution in [1.29, 1.82) is 0 Å². The Morgan fingerprint density at radius 3 is 1.50 bits per heavy atom. The predicted molar refractivity (Wildman–Crippen MR) is 168 cm³/mol. The van der Waals surface area contributed by atoms with E-state index in [4.69, 9.17) is 22.6 Å². The van der Waals surface area contributed by atoms with Gasteiger partial charge in [-0.15, -0.1) is 0 Å². The van der Waals surface area contributed by atoms with Crippen LogP contribution < -0.4 is 9.83 Å². The molecule has 2 aromatic carbocycles. The summed E-state index contributed by atoms with van der Waals surface area (Å²) in [7, 11) is -2.67. The third-order valence-corrected chi connectivity index (χ3v) is 10.2. The van der Waals surface area contributed by atoms with Crippen LogP contribution >= 0.6 is 17.0 Å². The smallest absolute Gasteiger partial charge is 0.397 e. The molecule has 2 aliphatic rings. The fraction of sp³-hybridized carbons (Fsp3) is 0.636. The van der Waals surface area contributed by atoms with E-state index >= 15 is 0 Å². The molecule has 7 heteroatoms. The van der Waals surface area contributed by atoms with E-state index in [9.17, 15) is 0 Å². The second-order valence-corrected chi connectivity index (χ2v) is 18.3. The van der Waals surface area contributed by atoms with Crippen LogP contribution in [0.1, 0.15) is 105 Å². The molecule has 0 atom stereocenters. The highest BCUT2D eigenvalue weighted by Crippen LogP contribution is 2.54. The molecule has 2 heterocycles. The van der Waals surface area contributed by atoms with Gasteiger partial charge in [0.1, 0.15) is 5.75 Å². The SMILES string of the molecule is CC(C)(C)c1ccc(OP2OCC3(CO2)COP(c2ccc(C(C)(C)C)cc2C(C)(C)C)OC3)c(C(C)(C)C)c1. The quantitative estimate of drug-likeness (QED) is 0.335.